The van der Waals surface area contributed by atoms with Gasteiger partial charge in [0.25, 0.3) is 0 Å². The second kappa shape index (κ2) is 3.88. The molecule has 41 valence electrons. The van der Waals surface area contributed by atoms with Crippen LogP contribution in [0.15, 0.2) is 12.7 Å². The third-order valence-corrected chi connectivity index (χ3v) is 0.849. The third-order valence-electron chi connectivity index (χ3n) is 0.849. The van der Waals surface area contributed by atoms with Crippen LogP contribution in [0.4, 0.5) is 0 Å². The molecule has 1 atom stereocenters. The summed E-state index contributed by atoms with van der Waals surface area (Å²) in [6, 6.07) is 0. The fraction of sp³-hybridized carbons (Fsp3) is 0.500. The molecule has 0 bridgehead atoms. The summed E-state index contributed by atoms with van der Waals surface area (Å²) in [5.74, 6) is 0.338. The first-order valence-electron chi connectivity index (χ1n) is 2.38. The molecule has 0 aliphatic heterocycles. The van der Waals surface area contributed by atoms with Gasteiger partial charge in [-0.05, 0) is 12.3 Å². The van der Waals surface area contributed by atoms with Crippen LogP contribution in [0, 0.1) is 12.3 Å². The largest absolute Gasteiger partial charge is 0.396 e. The zero-order valence-electron chi connectivity index (χ0n) is 4.59. The summed E-state index contributed by atoms with van der Waals surface area (Å²) in [6.45, 7) is 5.66. The Labute approximate surface area is 44.7 Å². The molecule has 1 unspecified atom stereocenters. The van der Waals surface area contributed by atoms with Gasteiger partial charge < -0.3 is 5.11 Å². The van der Waals surface area contributed by atoms with Crippen molar-refractivity contribution in [3.8, 4) is 0 Å². The summed E-state index contributed by atoms with van der Waals surface area (Å²) < 4.78 is 0. The highest BCUT2D eigenvalue weighted by Gasteiger charge is 1.90. The standard InChI is InChI=1S/C6H11O/c1-3-6(2)4-5-7/h3-4,6-7H,1,5H2,2H3. The number of aliphatic hydroxyl groups is 1. The Morgan fingerprint density at radius 2 is 2.43 bits per heavy atom. The maximum absolute atomic E-state index is 8.26. The van der Waals surface area contributed by atoms with Crippen molar-refractivity contribution < 1.29 is 5.11 Å². The molecule has 0 spiro atoms. The molecule has 0 aliphatic carbocycles. The normalized spacial score (nSPS) is 13.4. The highest BCUT2D eigenvalue weighted by Crippen LogP contribution is 1.97. The SMILES string of the molecule is C=CC(C)[CH]CO. The van der Waals surface area contributed by atoms with Gasteiger partial charge in [0.2, 0.25) is 0 Å². The Balaban J connectivity index is 2.98. The molecular weight excluding hydrogens is 88.1 g/mol. The van der Waals surface area contributed by atoms with Crippen molar-refractivity contribution in [1.29, 1.82) is 0 Å². The van der Waals surface area contributed by atoms with E-state index in [1.807, 2.05) is 6.92 Å². The van der Waals surface area contributed by atoms with Crippen molar-refractivity contribution in [3.63, 3.8) is 0 Å². The van der Waals surface area contributed by atoms with Gasteiger partial charge in [-0.15, -0.1) is 6.58 Å². The van der Waals surface area contributed by atoms with Crippen molar-refractivity contribution in [1.82, 2.24) is 0 Å². The lowest BCUT2D eigenvalue weighted by Crippen LogP contribution is -1.93. The quantitative estimate of drug-likeness (QED) is 0.523. The smallest absolute Gasteiger partial charge is 0.0468 e. The summed E-state index contributed by atoms with van der Waals surface area (Å²) in [5, 5.41) is 8.26. The van der Waals surface area contributed by atoms with Crippen LogP contribution in [-0.4, -0.2) is 11.7 Å². The van der Waals surface area contributed by atoms with E-state index in [1.165, 1.54) is 0 Å². The fourth-order valence-electron chi connectivity index (χ4n) is 0.262. The van der Waals surface area contributed by atoms with Crippen LogP contribution in [-0.2, 0) is 0 Å². The average molecular weight is 99.2 g/mol. The molecule has 0 aromatic carbocycles. The molecule has 0 aromatic heterocycles. The molecule has 0 aliphatic rings. The molecule has 7 heavy (non-hydrogen) atoms. The summed E-state index contributed by atoms with van der Waals surface area (Å²) in [7, 11) is 0. The van der Waals surface area contributed by atoms with Crippen molar-refractivity contribution >= 4 is 0 Å². The van der Waals surface area contributed by atoms with Crippen molar-refractivity contribution in [2.45, 2.75) is 6.92 Å². The number of aliphatic hydroxyl groups excluding tert-OH is 1. The highest BCUT2D eigenvalue weighted by molar-refractivity contribution is 4.85. The molecule has 1 radical (unpaired) electrons. The lowest BCUT2D eigenvalue weighted by molar-refractivity contribution is 0.318. The molecule has 0 aromatic rings. The minimum Gasteiger partial charge on any atom is -0.396 e. The molecule has 0 saturated heterocycles. The summed E-state index contributed by atoms with van der Waals surface area (Å²) in [4.78, 5) is 0. The lowest BCUT2D eigenvalue weighted by Gasteiger charge is -1.97. The van der Waals surface area contributed by atoms with Crippen LogP contribution in [0.5, 0.6) is 0 Å². The lowest BCUT2D eigenvalue weighted by atomic mass is 10.1. The topological polar surface area (TPSA) is 20.2 Å². The molecule has 0 heterocycles. The number of hydrogen-bond acceptors (Lipinski definition) is 1. The van der Waals surface area contributed by atoms with Gasteiger partial charge in [-0.25, -0.2) is 0 Å². The summed E-state index contributed by atoms with van der Waals surface area (Å²) in [5.41, 5.74) is 0. The van der Waals surface area contributed by atoms with E-state index < -0.39 is 0 Å². The molecule has 1 N–H and O–H groups in total. The van der Waals surface area contributed by atoms with Gasteiger partial charge >= 0.3 is 0 Å². The second-order valence-corrected chi connectivity index (χ2v) is 1.51. The van der Waals surface area contributed by atoms with E-state index in [-0.39, 0.29) is 6.61 Å². The fourth-order valence-corrected chi connectivity index (χ4v) is 0.262. The first kappa shape index (κ1) is 6.70. The van der Waals surface area contributed by atoms with Crippen LogP contribution in [0.1, 0.15) is 6.92 Å². The number of allylic oxidation sites excluding steroid dienone is 1. The van der Waals surface area contributed by atoms with E-state index in [1.54, 1.807) is 12.5 Å². The van der Waals surface area contributed by atoms with Gasteiger partial charge in [-0.1, -0.05) is 13.0 Å². The Morgan fingerprint density at radius 3 is 2.57 bits per heavy atom. The second-order valence-electron chi connectivity index (χ2n) is 1.51. The van der Waals surface area contributed by atoms with Crippen LogP contribution in [0.3, 0.4) is 0 Å². The zero-order chi connectivity index (χ0) is 5.70. The summed E-state index contributed by atoms with van der Waals surface area (Å²) in [6.07, 6.45) is 3.57. The highest BCUT2D eigenvalue weighted by atomic mass is 16.2. The Bertz CT molecular complexity index is 50.1. The van der Waals surface area contributed by atoms with E-state index in [0.717, 1.165) is 0 Å². The van der Waals surface area contributed by atoms with Crippen LogP contribution in [0.25, 0.3) is 0 Å². The molecule has 0 saturated carbocycles. The van der Waals surface area contributed by atoms with Gasteiger partial charge in [0.15, 0.2) is 0 Å². The van der Waals surface area contributed by atoms with Gasteiger partial charge in [-0.2, -0.15) is 0 Å². The molecule has 0 amide bonds. The van der Waals surface area contributed by atoms with E-state index in [2.05, 4.69) is 6.58 Å². The van der Waals surface area contributed by atoms with Gasteiger partial charge in [0, 0.05) is 6.61 Å². The molecule has 1 nitrogen and oxygen atoms in total. The molecule has 1 heteroatoms. The molecule has 0 fully saturated rings. The number of hydrogen-bond donors (Lipinski definition) is 1. The van der Waals surface area contributed by atoms with Crippen molar-refractivity contribution in [3.05, 3.63) is 19.1 Å². The van der Waals surface area contributed by atoms with Crippen molar-refractivity contribution in [2.75, 3.05) is 6.61 Å². The van der Waals surface area contributed by atoms with E-state index in [0.29, 0.717) is 5.92 Å². The maximum Gasteiger partial charge on any atom is 0.0468 e. The van der Waals surface area contributed by atoms with Crippen LogP contribution < -0.4 is 0 Å². The number of rotatable bonds is 3. The Kier molecular flexibility index (Phi) is 3.71. The van der Waals surface area contributed by atoms with E-state index in [4.69, 9.17) is 5.11 Å². The van der Waals surface area contributed by atoms with Gasteiger partial charge in [-0.3, -0.25) is 0 Å². The van der Waals surface area contributed by atoms with E-state index in [9.17, 15) is 0 Å². The molecule has 0 rings (SSSR count). The first-order chi connectivity index (χ1) is 3.31. The van der Waals surface area contributed by atoms with E-state index >= 15 is 0 Å². The monoisotopic (exact) mass is 99.1 g/mol. The summed E-state index contributed by atoms with van der Waals surface area (Å²) >= 11 is 0. The average Bonchev–Trinajstić information content (AvgIpc) is 1.68. The van der Waals surface area contributed by atoms with Gasteiger partial charge in [0.05, 0.1) is 0 Å². The van der Waals surface area contributed by atoms with Crippen LogP contribution in [0.2, 0.25) is 0 Å². The Morgan fingerprint density at radius 1 is 1.86 bits per heavy atom. The Hall–Kier alpha value is -0.300. The predicted molar refractivity (Wildman–Crippen MR) is 30.7 cm³/mol. The first-order valence-corrected chi connectivity index (χ1v) is 2.38. The van der Waals surface area contributed by atoms with Crippen molar-refractivity contribution in [2.24, 2.45) is 5.92 Å². The third kappa shape index (κ3) is 3.53. The zero-order valence-corrected chi connectivity index (χ0v) is 4.59. The van der Waals surface area contributed by atoms with Gasteiger partial charge in [0.1, 0.15) is 0 Å². The predicted octanol–water partition coefficient (Wildman–Crippen LogP) is 1.01. The molecular formula is C6H11O. The maximum atomic E-state index is 8.26. The minimum atomic E-state index is 0.146. The minimum absolute atomic E-state index is 0.146. The van der Waals surface area contributed by atoms with Crippen LogP contribution >= 0.6 is 0 Å².